The Labute approximate surface area is 126 Å². The maximum absolute atomic E-state index is 10.4. The van der Waals surface area contributed by atoms with Crippen LogP contribution in [0.4, 0.5) is 0 Å². The summed E-state index contributed by atoms with van der Waals surface area (Å²) in [4.78, 5) is 2.19. The minimum absolute atomic E-state index is 0.00521. The van der Waals surface area contributed by atoms with Crippen LogP contribution in [0, 0.1) is 0 Å². The summed E-state index contributed by atoms with van der Waals surface area (Å²) in [5, 5.41) is 11.1. The summed E-state index contributed by atoms with van der Waals surface area (Å²) in [5.41, 5.74) is 6.80. The molecule has 0 heterocycles. The zero-order valence-corrected chi connectivity index (χ0v) is 12.9. The molecule has 3 nitrogen and oxygen atoms in total. The molecule has 1 aromatic carbocycles. The Balaban J connectivity index is 1.79. The Morgan fingerprint density at radius 2 is 2.10 bits per heavy atom. The first-order valence-electron chi connectivity index (χ1n) is 7.40. The number of benzene rings is 1. The predicted molar refractivity (Wildman–Crippen MR) is 83.9 cm³/mol. The van der Waals surface area contributed by atoms with Crippen molar-refractivity contribution >= 4 is 11.6 Å². The minimum atomic E-state index is -0.477. The van der Waals surface area contributed by atoms with Crippen LogP contribution in [0.1, 0.15) is 43.7 Å². The minimum Gasteiger partial charge on any atom is -0.389 e. The number of nitrogens with zero attached hydrogens (tertiary/aromatic N) is 1. The predicted octanol–water partition coefficient (Wildman–Crippen LogP) is 2.97. The summed E-state index contributed by atoms with van der Waals surface area (Å²) in [6.07, 6.45) is 5.01. The van der Waals surface area contributed by atoms with Gasteiger partial charge in [-0.15, -0.1) is 0 Å². The molecule has 112 valence electrons. The van der Waals surface area contributed by atoms with Gasteiger partial charge in [0.1, 0.15) is 0 Å². The molecule has 0 aliphatic heterocycles. The van der Waals surface area contributed by atoms with Crippen molar-refractivity contribution in [3.8, 4) is 0 Å². The van der Waals surface area contributed by atoms with Crippen molar-refractivity contribution < 1.29 is 5.11 Å². The molecular weight excluding hydrogens is 272 g/mol. The molecule has 0 amide bonds. The van der Waals surface area contributed by atoms with Gasteiger partial charge in [-0.2, -0.15) is 0 Å². The highest BCUT2D eigenvalue weighted by atomic mass is 35.5. The fourth-order valence-electron chi connectivity index (χ4n) is 3.04. The van der Waals surface area contributed by atoms with Crippen molar-refractivity contribution in [2.45, 2.75) is 43.7 Å². The van der Waals surface area contributed by atoms with Gasteiger partial charge in [0.2, 0.25) is 0 Å². The quantitative estimate of drug-likeness (QED) is 0.848. The summed E-state index contributed by atoms with van der Waals surface area (Å²) in [5.74, 6) is 0. The van der Waals surface area contributed by atoms with E-state index < -0.39 is 5.60 Å². The van der Waals surface area contributed by atoms with Gasteiger partial charge in [0.15, 0.2) is 0 Å². The molecule has 0 aromatic heterocycles. The zero-order chi connectivity index (χ0) is 14.6. The van der Waals surface area contributed by atoms with Crippen LogP contribution in [0.5, 0.6) is 0 Å². The average Bonchev–Trinajstić information content (AvgIpc) is 2.82. The van der Waals surface area contributed by atoms with Gasteiger partial charge in [0.05, 0.1) is 5.60 Å². The number of aliphatic hydroxyl groups is 1. The van der Waals surface area contributed by atoms with Crippen molar-refractivity contribution in [3.05, 3.63) is 34.9 Å². The van der Waals surface area contributed by atoms with E-state index in [1.165, 1.54) is 0 Å². The molecule has 0 saturated heterocycles. The molecule has 0 radical (unpaired) electrons. The lowest BCUT2D eigenvalue weighted by Crippen LogP contribution is -2.40. The van der Waals surface area contributed by atoms with Gasteiger partial charge in [-0.3, -0.25) is 0 Å². The fourth-order valence-corrected chi connectivity index (χ4v) is 3.23. The number of hydrogen-bond acceptors (Lipinski definition) is 3. The van der Waals surface area contributed by atoms with Crippen molar-refractivity contribution in [2.75, 3.05) is 20.1 Å². The summed E-state index contributed by atoms with van der Waals surface area (Å²) < 4.78 is 0. The first kappa shape index (κ1) is 15.8. The van der Waals surface area contributed by atoms with Gasteiger partial charge in [-0.1, -0.05) is 36.6 Å². The number of rotatable bonds is 6. The van der Waals surface area contributed by atoms with Gasteiger partial charge in [-0.25, -0.2) is 0 Å². The summed E-state index contributed by atoms with van der Waals surface area (Å²) in [6.45, 7) is 1.63. The number of likely N-dealkylation sites (N-methyl/N-ethyl adjacent to an activating group) is 1. The summed E-state index contributed by atoms with van der Waals surface area (Å²) in [6, 6.07) is 7.73. The van der Waals surface area contributed by atoms with Crippen molar-refractivity contribution in [1.82, 2.24) is 4.90 Å². The Morgan fingerprint density at radius 1 is 1.40 bits per heavy atom. The molecular formula is C16H25ClN2O. The number of halogens is 1. The first-order valence-corrected chi connectivity index (χ1v) is 7.78. The van der Waals surface area contributed by atoms with Crippen LogP contribution >= 0.6 is 11.6 Å². The molecule has 1 aliphatic rings. The van der Waals surface area contributed by atoms with E-state index in [-0.39, 0.29) is 6.04 Å². The van der Waals surface area contributed by atoms with Crippen LogP contribution in [0.15, 0.2) is 24.3 Å². The second-order valence-electron chi connectivity index (χ2n) is 6.12. The van der Waals surface area contributed by atoms with E-state index in [0.717, 1.165) is 55.8 Å². The van der Waals surface area contributed by atoms with Crippen molar-refractivity contribution in [1.29, 1.82) is 0 Å². The second-order valence-corrected chi connectivity index (χ2v) is 6.56. The third-order valence-corrected chi connectivity index (χ3v) is 4.43. The van der Waals surface area contributed by atoms with Gasteiger partial charge >= 0.3 is 0 Å². The Kier molecular flexibility index (Phi) is 5.44. The van der Waals surface area contributed by atoms with Gasteiger partial charge < -0.3 is 15.7 Å². The highest BCUT2D eigenvalue weighted by molar-refractivity contribution is 6.30. The summed E-state index contributed by atoms with van der Waals surface area (Å²) >= 11 is 5.98. The Bertz CT molecular complexity index is 432. The first-order chi connectivity index (χ1) is 9.48. The molecule has 1 fully saturated rings. The summed E-state index contributed by atoms with van der Waals surface area (Å²) in [7, 11) is 2.06. The molecule has 20 heavy (non-hydrogen) atoms. The lowest BCUT2D eigenvalue weighted by molar-refractivity contribution is 0.0158. The van der Waals surface area contributed by atoms with Crippen LogP contribution in [0.25, 0.3) is 0 Å². The lowest BCUT2D eigenvalue weighted by Gasteiger charge is -2.29. The zero-order valence-electron chi connectivity index (χ0n) is 12.2. The van der Waals surface area contributed by atoms with Crippen LogP contribution < -0.4 is 5.73 Å². The maximum Gasteiger partial charge on any atom is 0.0774 e. The third-order valence-electron chi connectivity index (χ3n) is 4.20. The van der Waals surface area contributed by atoms with Crippen LogP contribution in [-0.4, -0.2) is 35.7 Å². The second kappa shape index (κ2) is 6.90. The van der Waals surface area contributed by atoms with Gasteiger partial charge in [0, 0.05) is 17.6 Å². The monoisotopic (exact) mass is 296 g/mol. The smallest absolute Gasteiger partial charge is 0.0774 e. The standard InChI is InChI=1S/C16H25ClN2O/c1-19(12-16(20)8-2-3-9-16)10-7-15(18)13-5-4-6-14(17)11-13/h4-6,11,15,20H,2-3,7-10,12,18H2,1H3. The van der Waals surface area contributed by atoms with E-state index >= 15 is 0 Å². The molecule has 1 aromatic rings. The number of nitrogens with two attached hydrogens (primary N) is 1. The molecule has 2 rings (SSSR count). The fraction of sp³-hybridized carbons (Fsp3) is 0.625. The van der Waals surface area contributed by atoms with Crippen molar-refractivity contribution in [2.24, 2.45) is 5.73 Å². The van der Waals surface area contributed by atoms with Crippen molar-refractivity contribution in [3.63, 3.8) is 0 Å². The normalized spacial score (nSPS) is 19.4. The number of hydrogen-bond donors (Lipinski definition) is 2. The maximum atomic E-state index is 10.4. The van der Waals surface area contributed by atoms with E-state index in [0.29, 0.717) is 0 Å². The van der Waals surface area contributed by atoms with Crippen LogP contribution in [0.2, 0.25) is 5.02 Å². The van der Waals surface area contributed by atoms with E-state index in [1.54, 1.807) is 0 Å². The SMILES string of the molecule is CN(CCC(N)c1cccc(Cl)c1)CC1(O)CCCC1. The van der Waals surface area contributed by atoms with E-state index in [4.69, 9.17) is 17.3 Å². The molecule has 3 N–H and O–H groups in total. The molecule has 1 atom stereocenters. The average molecular weight is 297 g/mol. The van der Waals surface area contributed by atoms with E-state index in [2.05, 4.69) is 11.9 Å². The molecule has 0 bridgehead atoms. The molecule has 0 spiro atoms. The topological polar surface area (TPSA) is 49.5 Å². The Hall–Kier alpha value is -0.610. The third kappa shape index (κ3) is 4.45. The van der Waals surface area contributed by atoms with Gasteiger partial charge in [0.25, 0.3) is 0 Å². The van der Waals surface area contributed by atoms with Crippen LogP contribution in [-0.2, 0) is 0 Å². The van der Waals surface area contributed by atoms with Crippen LogP contribution in [0.3, 0.4) is 0 Å². The lowest BCUT2D eigenvalue weighted by atomic mass is 10.0. The molecule has 4 heteroatoms. The van der Waals surface area contributed by atoms with Gasteiger partial charge in [-0.05, 0) is 50.6 Å². The van der Waals surface area contributed by atoms with E-state index in [1.807, 2.05) is 24.3 Å². The molecule has 1 aliphatic carbocycles. The molecule has 1 unspecified atom stereocenters. The van der Waals surface area contributed by atoms with E-state index in [9.17, 15) is 5.11 Å². The Morgan fingerprint density at radius 3 is 2.75 bits per heavy atom. The largest absolute Gasteiger partial charge is 0.389 e. The molecule has 1 saturated carbocycles. The highest BCUT2D eigenvalue weighted by Gasteiger charge is 2.32. The highest BCUT2D eigenvalue weighted by Crippen LogP contribution is 2.30.